The number of rotatable bonds is 5. The van der Waals surface area contributed by atoms with Crippen LogP contribution in [0.5, 0.6) is 0 Å². The molecule has 3 aromatic rings. The zero-order valence-corrected chi connectivity index (χ0v) is 16.7. The number of H-pyrrole nitrogens is 1. The summed E-state index contributed by atoms with van der Waals surface area (Å²) in [5, 5.41) is 4.01. The smallest absolute Gasteiger partial charge is 0.355 e. The van der Waals surface area contributed by atoms with E-state index in [4.69, 9.17) is 10.5 Å². The van der Waals surface area contributed by atoms with E-state index in [9.17, 15) is 14.4 Å². The summed E-state index contributed by atoms with van der Waals surface area (Å²) >= 11 is 1.38. The summed E-state index contributed by atoms with van der Waals surface area (Å²) in [6, 6.07) is 9.13. The van der Waals surface area contributed by atoms with Gasteiger partial charge in [0.05, 0.1) is 5.56 Å². The second kappa shape index (κ2) is 7.71. The highest BCUT2D eigenvalue weighted by Gasteiger charge is 2.27. The zero-order chi connectivity index (χ0) is 20.5. The summed E-state index contributed by atoms with van der Waals surface area (Å²) in [7, 11) is 0. The van der Waals surface area contributed by atoms with Gasteiger partial charge in [0.15, 0.2) is 6.61 Å². The third-order valence-electron chi connectivity index (χ3n) is 5.10. The predicted octanol–water partition coefficient (Wildman–Crippen LogP) is 3.25. The Morgan fingerprint density at radius 1 is 1.31 bits per heavy atom. The van der Waals surface area contributed by atoms with E-state index in [0.717, 1.165) is 40.6 Å². The summed E-state index contributed by atoms with van der Waals surface area (Å²) in [4.78, 5) is 40.6. The first-order chi connectivity index (χ1) is 13.9. The van der Waals surface area contributed by atoms with Crippen LogP contribution in [-0.4, -0.2) is 29.4 Å². The molecule has 0 unspecified atom stereocenters. The minimum atomic E-state index is -0.620. The maximum atomic E-state index is 12.3. The maximum Gasteiger partial charge on any atom is 0.355 e. The number of fused-ring (bicyclic) bond motifs is 2. The van der Waals surface area contributed by atoms with Gasteiger partial charge in [0.1, 0.15) is 10.7 Å². The molecule has 0 aliphatic heterocycles. The van der Waals surface area contributed by atoms with Crippen LogP contribution in [0.2, 0.25) is 0 Å². The normalized spacial score (nSPS) is 15.7. The molecule has 1 aliphatic rings. The summed E-state index contributed by atoms with van der Waals surface area (Å²) in [5.41, 5.74) is 7.96. The topological polar surface area (TPSA) is 114 Å². The van der Waals surface area contributed by atoms with Crippen molar-refractivity contribution in [1.82, 2.24) is 4.98 Å². The van der Waals surface area contributed by atoms with Crippen LogP contribution in [0.3, 0.4) is 0 Å². The van der Waals surface area contributed by atoms with Crippen molar-refractivity contribution in [2.45, 2.75) is 26.2 Å². The van der Waals surface area contributed by atoms with Gasteiger partial charge in [0.25, 0.3) is 11.8 Å². The number of ether oxygens (including phenoxy) is 1. The van der Waals surface area contributed by atoms with Crippen molar-refractivity contribution in [1.29, 1.82) is 0 Å². The Balaban J connectivity index is 1.43. The highest BCUT2D eigenvalue weighted by molar-refractivity contribution is 7.17. The second-order valence-corrected chi connectivity index (χ2v) is 8.42. The van der Waals surface area contributed by atoms with Gasteiger partial charge < -0.3 is 20.8 Å². The van der Waals surface area contributed by atoms with Gasteiger partial charge in [-0.1, -0.05) is 25.1 Å². The summed E-state index contributed by atoms with van der Waals surface area (Å²) in [6.45, 7) is 1.71. The number of hydrogen-bond acceptors (Lipinski definition) is 5. The van der Waals surface area contributed by atoms with Crippen molar-refractivity contribution < 1.29 is 19.1 Å². The van der Waals surface area contributed by atoms with E-state index in [1.807, 2.05) is 24.3 Å². The van der Waals surface area contributed by atoms with E-state index in [2.05, 4.69) is 17.2 Å². The Kier molecular flexibility index (Phi) is 5.10. The molecule has 0 saturated heterocycles. The number of nitrogens with two attached hydrogens (primary N) is 1. The highest BCUT2D eigenvalue weighted by Crippen LogP contribution is 2.39. The second-order valence-electron chi connectivity index (χ2n) is 7.31. The molecule has 0 fully saturated rings. The fourth-order valence-corrected chi connectivity index (χ4v) is 5.09. The summed E-state index contributed by atoms with van der Waals surface area (Å²) in [5.74, 6) is -1.15. The molecule has 1 aliphatic carbocycles. The Morgan fingerprint density at radius 2 is 2.10 bits per heavy atom. The number of esters is 1. The lowest BCUT2D eigenvalue weighted by atomic mass is 9.88. The van der Waals surface area contributed by atoms with Crippen LogP contribution in [0.15, 0.2) is 30.3 Å². The number of carbonyl (C=O) groups is 3. The van der Waals surface area contributed by atoms with E-state index >= 15 is 0 Å². The number of anilines is 1. The van der Waals surface area contributed by atoms with Crippen LogP contribution in [0.4, 0.5) is 5.00 Å². The van der Waals surface area contributed by atoms with Gasteiger partial charge in [-0.2, -0.15) is 0 Å². The molecule has 29 heavy (non-hydrogen) atoms. The maximum absolute atomic E-state index is 12.3. The lowest BCUT2D eigenvalue weighted by Crippen LogP contribution is -2.23. The van der Waals surface area contributed by atoms with Gasteiger partial charge in [-0.3, -0.25) is 9.59 Å². The number of carbonyl (C=O) groups excluding carboxylic acids is 3. The van der Waals surface area contributed by atoms with E-state index in [1.165, 1.54) is 11.3 Å². The number of primary amides is 1. The van der Waals surface area contributed by atoms with E-state index < -0.39 is 24.4 Å². The van der Waals surface area contributed by atoms with Crippen LogP contribution in [0, 0.1) is 5.92 Å². The lowest BCUT2D eigenvalue weighted by molar-refractivity contribution is -0.119. The third-order valence-corrected chi connectivity index (χ3v) is 6.27. The first-order valence-electron chi connectivity index (χ1n) is 9.41. The number of benzene rings is 1. The van der Waals surface area contributed by atoms with Gasteiger partial charge >= 0.3 is 5.97 Å². The molecule has 0 radical (unpaired) electrons. The third kappa shape index (κ3) is 3.88. The van der Waals surface area contributed by atoms with Gasteiger partial charge in [0, 0.05) is 15.8 Å². The standard InChI is InChI=1S/C21H21N3O4S/c1-11-6-7-13-16(8-11)29-20(18(13)19(22)26)24-17(25)10-28-21(27)15-9-12-4-2-3-5-14(12)23-15/h2-5,9,11,23H,6-8,10H2,1H3,(H2,22,26)(H,24,25)/t11-/m1/s1. The minimum absolute atomic E-state index is 0.275. The molecule has 7 nitrogen and oxygen atoms in total. The van der Waals surface area contributed by atoms with Gasteiger partial charge in [-0.05, 0) is 42.9 Å². The molecule has 1 aromatic carbocycles. The number of hydrogen-bond donors (Lipinski definition) is 3. The Bertz CT molecular complexity index is 1080. The van der Waals surface area contributed by atoms with Crippen molar-refractivity contribution in [2.24, 2.45) is 11.7 Å². The van der Waals surface area contributed by atoms with Crippen molar-refractivity contribution in [2.75, 3.05) is 11.9 Å². The number of aromatic amines is 1. The molecular weight excluding hydrogens is 390 g/mol. The van der Waals surface area contributed by atoms with Crippen molar-refractivity contribution >= 4 is 45.0 Å². The molecule has 1 atom stereocenters. The molecule has 2 heterocycles. The lowest BCUT2D eigenvalue weighted by Gasteiger charge is -2.18. The average molecular weight is 411 g/mol. The van der Waals surface area contributed by atoms with E-state index in [1.54, 1.807) is 6.07 Å². The molecule has 2 amide bonds. The first-order valence-corrected chi connectivity index (χ1v) is 10.2. The van der Waals surface area contributed by atoms with Crippen molar-refractivity contribution in [3.63, 3.8) is 0 Å². The van der Waals surface area contributed by atoms with Gasteiger partial charge in [-0.15, -0.1) is 11.3 Å². The van der Waals surface area contributed by atoms with Crippen LogP contribution in [0.1, 0.15) is 44.6 Å². The van der Waals surface area contributed by atoms with Crippen molar-refractivity contribution in [3.05, 3.63) is 52.0 Å². The quantitative estimate of drug-likeness (QED) is 0.559. The number of amides is 2. The Morgan fingerprint density at radius 3 is 2.86 bits per heavy atom. The molecule has 4 rings (SSSR count). The van der Waals surface area contributed by atoms with Gasteiger partial charge in [-0.25, -0.2) is 4.79 Å². The first kappa shape index (κ1) is 19.2. The predicted molar refractivity (Wildman–Crippen MR) is 111 cm³/mol. The Labute approximate surface area is 171 Å². The summed E-state index contributed by atoms with van der Waals surface area (Å²) < 4.78 is 5.12. The summed E-state index contributed by atoms with van der Waals surface area (Å²) in [6.07, 6.45) is 2.63. The Hall–Kier alpha value is -3.13. The van der Waals surface area contributed by atoms with Crippen LogP contribution < -0.4 is 11.1 Å². The fourth-order valence-electron chi connectivity index (χ4n) is 3.65. The molecule has 0 saturated carbocycles. The zero-order valence-electron chi connectivity index (χ0n) is 15.9. The SMILES string of the molecule is C[C@@H]1CCc2c(sc(NC(=O)COC(=O)c3cc4ccccc4[nH]3)c2C(N)=O)C1. The number of nitrogens with one attached hydrogen (secondary N) is 2. The number of thiophene rings is 1. The molecule has 150 valence electrons. The monoisotopic (exact) mass is 411 g/mol. The van der Waals surface area contributed by atoms with Crippen molar-refractivity contribution in [3.8, 4) is 0 Å². The molecule has 0 bridgehead atoms. The molecule has 4 N–H and O–H groups in total. The number of aromatic nitrogens is 1. The van der Waals surface area contributed by atoms with Crippen LogP contribution >= 0.6 is 11.3 Å². The molecule has 2 aromatic heterocycles. The average Bonchev–Trinajstić information content (AvgIpc) is 3.26. The van der Waals surface area contributed by atoms with Gasteiger partial charge in [0.2, 0.25) is 0 Å². The van der Waals surface area contributed by atoms with E-state index in [0.29, 0.717) is 16.5 Å². The van der Waals surface area contributed by atoms with Crippen LogP contribution in [0.25, 0.3) is 10.9 Å². The molecule has 0 spiro atoms. The fraction of sp³-hybridized carbons (Fsp3) is 0.286. The molecule has 8 heteroatoms. The molecular formula is C21H21N3O4S. The number of para-hydroxylation sites is 1. The minimum Gasteiger partial charge on any atom is -0.451 e. The highest BCUT2D eigenvalue weighted by atomic mass is 32.1. The van der Waals surface area contributed by atoms with E-state index in [-0.39, 0.29) is 5.69 Å². The van der Waals surface area contributed by atoms with Crippen LogP contribution in [-0.2, 0) is 22.4 Å². The largest absolute Gasteiger partial charge is 0.451 e.